The number of hydrogen-bond acceptors (Lipinski definition) is 0. The predicted molar refractivity (Wildman–Crippen MR) is 117 cm³/mol. The topological polar surface area (TPSA) is 0 Å². The maximum Gasteiger partial charge on any atom is 0.166 e. The van der Waals surface area contributed by atoms with E-state index in [4.69, 9.17) is 0 Å². The van der Waals surface area contributed by atoms with Crippen LogP contribution in [0.4, 0.5) is 13.2 Å². The van der Waals surface area contributed by atoms with Gasteiger partial charge in [-0.25, -0.2) is 13.2 Å². The molecule has 0 heterocycles. The summed E-state index contributed by atoms with van der Waals surface area (Å²) in [4.78, 5) is 0. The number of hydrogen-bond donors (Lipinski definition) is 0. The first-order valence-corrected chi connectivity index (χ1v) is 10.4. The van der Waals surface area contributed by atoms with Gasteiger partial charge in [0.05, 0.1) is 0 Å². The van der Waals surface area contributed by atoms with E-state index in [1.807, 2.05) is 12.1 Å². The molecule has 152 valence electrons. The first kappa shape index (κ1) is 21.2. The van der Waals surface area contributed by atoms with Gasteiger partial charge in [-0.05, 0) is 41.8 Å². The van der Waals surface area contributed by atoms with Gasteiger partial charge in [0.25, 0.3) is 0 Å². The maximum absolute atomic E-state index is 14.8. The summed E-state index contributed by atoms with van der Waals surface area (Å²) in [7, 11) is 0. The molecule has 0 fully saturated rings. The monoisotopic (exact) mass is 396 g/mol. The molecule has 0 nitrogen and oxygen atoms in total. The normalized spacial score (nSPS) is 12.3. The molecule has 0 aliphatic rings. The van der Waals surface area contributed by atoms with Crippen molar-refractivity contribution in [3.8, 4) is 0 Å². The molecule has 3 aromatic carbocycles. The van der Waals surface area contributed by atoms with Gasteiger partial charge in [0.15, 0.2) is 11.7 Å². The van der Waals surface area contributed by atoms with Gasteiger partial charge in [-0.15, -0.1) is 0 Å². The van der Waals surface area contributed by atoms with Gasteiger partial charge >= 0.3 is 0 Å². The van der Waals surface area contributed by atoms with Crippen molar-refractivity contribution in [2.45, 2.75) is 52.4 Å². The van der Waals surface area contributed by atoms with Gasteiger partial charge < -0.3 is 0 Å². The third-order valence-corrected chi connectivity index (χ3v) is 5.28. The van der Waals surface area contributed by atoms with Gasteiger partial charge in [0.2, 0.25) is 0 Å². The lowest BCUT2D eigenvalue weighted by molar-refractivity contribution is 0.609. The molecule has 3 aromatic rings. The Morgan fingerprint density at radius 3 is 2.10 bits per heavy atom. The molecule has 3 heteroatoms. The molecule has 0 amide bonds. The van der Waals surface area contributed by atoms with Crippen LogP contribution in [0.5, 0.6) is 0 Å². The van der Waals surface area contributed by atoms with E-state index in [-0.39, 0.29) is 16.9 Å². The molecule has 29 heavy (non-hydrogen) atoms. The Morgan fingerprint density at radius 2 is 1.41 bits per heavy atom. The highest BCUT2D eigenvalue weighted by Crippen LogP contribution is 2.32. The fourth-order valence-electron chi connectivity index (χ4n) is 3.59. The Morgan fingerprint density at radius 1 is 0.724 bits per heavy atom. The van der Waals surface area contributed by atoms with Gasteiger partial charge in [-0.1, -0.05) is 81.6 Å². The highest BCUT2D eigenvalue weighted by molar-refractivity contribution is 5.90. The molecule has 0 spiro atoms. The van der Waals surface area contributed by atoms with E-state index in [1.54, 1.807) is 30.3 Å². The number of rotatable bonds is 8. The quantitative estimate of drug-likeness (QED) is 0.265. The molecule has 0 N–H and O–H groups in total. The minimum absolute atomic E-state index is 0.116. The van der Waals surface area contributed by atoms with Gasteiger partial charge in [-0.2, -0.15) is 0 Å². The van der Waals surface area contributed by atoms with Crippen LogP contribution in [0.3, 0.4) is 0 Å². The van der Waals surface area contributed by atoms with E-state index in [1.165, 1.54) is 12.1 Å². The molecule has 0 saturated heterocycles. The summed E-state index contributed by atoms with van der Waals surface area (Å²) in [6.07, 6.45) is 5.68. The summed E-state index contributed by atoms with van der Waals surface area (Å²) in [5, 5.41) is 1.01. The van der Waals surface area contributed by atoms with Crippen LogP contribution in [0.1, 0.15) is 61.8 Å². The van der Waals surface area contributed by atoms with E-state index in [9.17, 15) is 13.2 Å². The number of unbranched alkanes of at least 4 members (excludes halogenated alkanes) is 2. The maximum atomic E-state index is 14.8. The Balaban J connectivity index is 1.90. The van der Waals surface area contributed by atoms with Crippen molar-refractivity contribution in [1.29, 1.82) is 0 Å². The van der Waals surface area contributed by atoms with Crippen LogP contribution < -0.4 is 0 Å². The van der Waals surface area contributed by atoms with E-state index in [0.717, 1.165) is 37.7 Å². The SMILES string of the molecule is CCCCCc1ccc2cc(C(F)=C(F)c3ccc(CCC)cc3)ccc2c1F. The van der Waals surface area contributed by atoms with Crippen LogP contribution >= 0.6 is 0 Å². The van der Waals surface area contributed by atoms with Crippen molar-refractivity contribution in [1.82, 2.24) is 0 Å². The summed E-state index contributed by atoms with van der Waals surface area (Å²) in [6, 6.07) is 14.9. The van der Waals surface area contributed by atoms with Gasteiger partial charge in [0, 0.05) is 16.5 Å². The first-order valence-electron chi connectivity index (χ1n) is 10.4. The number of fused-ring (bicyclic) bond motifs is 1. The largest absolute Gasteiger partial charge is 0.206 e. The number of halogens is 3. The predicted octanol–water partition coefficient (Wildman–Crippen LogP) is 8.43. The molecule has 0 unspecified atom stereocenters. The van der Waals surface area contributed by atoms with Gasteiger partial charge in [-0.3, -0.25) is 0 Å². The van der Waals surface area contributed by atoms with Crippen molar-refractivity contribution in [2.24, 2.45) is 0 Å². The molecular weight excluding hydrogens is 369 g/mol. The zero-order valence-electron chi connectivity index (χ0n) is 17.1. The molecule has 0 bridgehead atoms. The minimum atomic E-state index is -0.928. The molecule has 0 aliphatic carbocycles. The molecular formula is C26H27F3. The third kappa shape index (κ3) is 4.90. The lowest BCUT2D eigenvalue weighted by Gasteiger charge is -2.09. The van der Waals surface area contributed by atoms with E-state index < -0.39 is 11.7 Å². The molecule has 0 radical (unpaired) electrons. The summed E-state index contributed by atoms with van der Waals surface area (Å²) < 4.78 is 44.2. The van der Waals surface area contributed by atoms with Crippen molar-refractivity contribution in [3.63, 3.8) is 0 Å². The number of benzene rings is 3. The van der Waals surface area contributed by atoms with Gasteiger partial charge in [0.1, 0.15) is 5.82 Å². The average molecular weight is 396 g/mol. The van der Waals surface area contributed by atoms with Crippen LogP contribution in [-0.2, 0) is 12.8 Å². The standard InChI is InChI=1S/C26H27F3/c1-3-5-6-8-19-13-14-21-17-22(15-16-23(21)24(19)27)26(29)25(28)20-11-9-18(7-4-2)10-12-20/h9-17H,3-8H2,1-2H3. The van der Waals surface area contributed by atoms with Crippen molar-refractivity contribution in [2.75, 3.05) is 0 Å². The van der Waals surface area contributed by atoms with Crippen LogP contribution in [0.2, 0.25) is 0 Å². The Kier molecular flexibility index (Phi) is 7.13. The highest BCUT2D eigenvalue weighted by atomic mass is 19.2. The summed E-state index contributed by atoms with van der Waals surface area (Å²) in [6.45, 7) is 4.18. The molecule has 0 atom stereocenters. The third-order valence-electron chi connectivity index (χ3n) is 5.28. The lowest BCUT2D eigenvalue weighted by atomic mass is 9.99. The second-order valence-electron chi connectivity index (χ2n) is 7.51. The lowest BCUT2D eigenvalue weighted by Crippen LogP contribution is -1.93. The zero-order valence-corrected chi connectivity index (χ0v) is 17.1. The zero-order chi connectivity index (χ0) is 20.8. The van der Waals surface area contributed by atoms with E-state index >= 15 is 0 Å². The second-order valence-corrected chi connectivity index (χ2v) is 7.51. The van der Waals surface area contributed by atoms with Crippen LogP contribution in [-0.4, -0.2) is 0 Å². The smallest absolute Gasteiger partial charge is 0.166 e. The summed E-state index contributed by atoms with van der Waals surface area (Å²) >= 11 is 0. The molecule has 0 aromatic heterocycles. The average Bonchev–Trinajstić information content (AvgIpc) is 2.75. The second kappa shape index (κ2) is 9.78. The van der Waals surface area contributed by atoms with E-state index in [2.05, 4.69) is 13.8 Å². The summed E-state index contributed by atoms with van der Waals surface area (Å²) in [5.41, 5.74) is 2.10. The fourth-order valence-corrected chi connectivity index (χ4v) is 3.59. The van der Waals surface area contributed by atoms with Crippen LogP contribution in [0.15, 0.2) is 54.6 Å². The molecule has 3 rings (SSSR count). The van der Waals surface area contributed by atoms with Crippen LogP contribution in [0.25, 0.3) is 22.4 Å². The van der Waals surface area contributed by atoms with Crippen molar-refractivity contribution < 1.29 is 13.2 Å². The minimum Gasteiger partial charge on any atom is -0.206 e. The fraction of sp³-hybridized carbons (Fsp3) is 0.308. The Labute approximate surface area is 171 Å². The first-order chi connectivity index (χ1) is 14.0. The molecule has 0 aliphatic heterocycles. The van der Waals surface area contributed by atoms with E-state index in [0.29, 0.717) is 22.8 Å². The Hall–Kier alpha value is -2.55. The number of aryl methyl sites for hydroxylation is 2. The van der Waals surface area contributed by atoms with Crippen molar-refractivity contribution in [3.05, 3.63) is 82.7 Å². The summed E-state index contributed by atoms with van der Waals surface area (Å²) in [5.74, 6) is -2.09. The van der Waals surface area contributed by atoms with Crippen molar-refractivity contribution >= 4 is 22.4 Å². The Bertz CT molecular complexity index is 1000. The van der Waals surface area contributed by atoms with Crippen LogP contribution in [0, 0.1) is 5.82 Å². The molecule has 0 saturated carbocycles. The highest BCUT2D eigenvalue weighted by Gasteiger charge is 2.14.